The average molecular weight is 496 g/mol. The molecule has 1 amide bonds. The van der Waals surface area contributed by atoms with Gasteiger partial charge in [0, 0.05) is 31.3 Å². The Kier molecular flexibility index (Phi) is 7.42. The lowest BCUT2D eigenvalue weighted by Gasteiger charge is -2.25. The van der Waals surface area contributed by atoms with Crippen molar-refractivity contribution in [2.75, 3.05) is 13.1 Å². The molecule has 35 heavy (non-hydrogen) atoms. The molecule has 1 aliphatic heterocycles. The number of carbonyl (C=O) groups is 1. The van der Waals surface area contributed by atoms with E-state index in [0.717, 1.165) is 30.9 Å². The Morgan fingerprint density at radius 1 is 0.971 bits per heavy atom. The van der Waals surface area contributed by atoms with Crippen molar-refractivity contribution < 1.29 is 22.9 Å². The van der Waals surface area contributed by atoms with Gasteiger partial charge in [-0.15, -0.1) is 0 Å². The molecule has 1 saturated heterocycles. The summed E-state index contributed by atoms with van der Waals surface area (Å²) in [5.74, 6) is -0.224. The summed E-state index contributed by atoms with van der Waals surface area (Å²) in [5, 5.41) is 14.5. The second-order valence-corrected chi connectivity index (χ2v) is 10.1. The first-order valence-corrected chi connectivity index (χ1v) is 12.7. The van der Waals surface area contributed by atoms with Crippen LogP contribution in [0.1, 0.15) is 35.2 Å². The number of hydrogen-bond donors (Lipinski definition) is 1. The highest BCUT2D eigenvalue weighted by Gasteiger charge is 2.29. The van der Waals surface area contributed by atoms with Gasteiger partial charge in [0.2, 0.25) is 15.8 Å². The number of nitrogens with zero attached hydrogens (tertiary/aromatic N) is 2. The lowest BCUT2D eigenvalue weighted by Crippen LogP contribution is -2.35. The normalized spacial score (nSPS) is 14.3. The molecule has 0 saturated carbocycles. The molecule has 1 heterocycles. The average Bonchev–Trinajstić information content (AvgIpc) is 2.88. The maximum absolute atomic E-state index is 12.9. The fraction of sp³-hybridized carbons (Fsp3) is 0.240. The van der Waals surface area contributed by atoms with Gasteiger partial charge >= 0.3 is 5.69 Å². The lowest BCUT2D eigenvalue weighted by atomic mass is 10.2. The monoisotopic (exact) mass is 495 g/mol. The van der Waals surface area contributed by atoms with Crippen LogP contribution in [0, 0.1) is 10.1 Å². The molecule has 10 heteroatoms. The molecule has 1 aliphatic rings. The number of nitro benzene ring substituents is 1. The third kappa shape index (κ3) is 5.84. The van der Waals surface area contributed by atoms with Crippen LogP contribution in [0.4, 0.5) is 5.69 Å². The summed E-state index contributed by atoms with van der Waals surface area (Å²) in [5.41, 5.74) is 0.802. The molecule has 9 nitrogen and oxygen atoms in total. The van der Waals surface area contributed by atoms with Crippen molar-refractivity contribution >= 4 is 21.6 Å². The predicted molar refractivity (Wildman–Crippen MR) is 130 cm³/mol. The standard InChI is InChI=1S/C25H25N3O6S/c29-25(26-18-19-8-3-1-4-9-19)20-10-7-11-21(16-20)34-24-13-12-22(17-23(24)28(30)31)35(32,33)27-14-5-2-6-15-27/h1,3-4,7-13,16-17H,2,5-6,14-15,18H2,(H,26,29). The summed E-state index contributed by atoms with van der Waals surface area (Å²) in [6, 6.07) is 19.3. The largest absolute Gasteiger partial charge is 0.450 e. The first-order chi connectivity index (χ1) is 16.8. The van der Waals surface area contributed by atoms with Crippen molar-refractivity contribution in [3.63, 3.8) is 0 Å². The molecule has 182 valence electrons. The van der Waals surface area contributed by atoms with Crippen LogP contribution in [-0.4, -0.2) is 36.6 Å². The van der Waals surface area contributed by atoms with Gasteiger partial charge in [-0.1, -0.05) is 42.8 Å². The minimum Gasteiger partial charge on any atom is -0.450 e. The Balaban J connectivity index is 1.52. The number of nitrogens with one attached hydrogen (secondary N) is 1. The highest BCUT2D eigenvalue weighted by Crippen LogP contribution is 2.34. The molecule has 0 bridgehead atoms. The minimum absolute atomic E-state index is 0.116. The molecule has 3 aromatic rings. The topological polar surface area (TPSA) is 119 Å². The molecule has 0 aliphatic carbocycles. The van der Waals surface area contributed by atoms with Crippen molar-refractivity contribution in [2.24, 2.45) is 0 Å². The van der Waals surface area contributed by atoms with Gasteiger partial charge in [-0.3, -0.25) is 14.9 Å². The summed E-state index contributed by atoms with van der Waals surface area (Å²) in [6.45, 7) is 1.14. The quantitative estimate of drug-likeness (QED) is 0.363. The Morgan fingerprint density at radius 3 is 2.43 bits per heavy atom. The second kappa shape index (κ2) is 10.7. The van der Waals surface area contributed by atoms with Crippen molar-refractivity contribution in [3.05, 3.63) is 94.0 Å². The van der Waals surface area contributed by atoms with Crippen LogP contribution in [0.5, 0.6) is 11.5 Å². The van der Waals surface area contributed by atoms with Crippen molar-refractivity contribution in [1.29, 1.82) is 0 Å². The van der Waals surface area contributed by atoms with E-state index >= 15 is 0 Å². The maximum atomic E-state index is 12.9. The number of benzene rings is 3. The molecule has 3 aromatic carbocycles. The number of sulfonamides is 1. The van der Waals surface area contributed by atoms with E-state index in [2.05, 4.69) is 5.32 Å². The van der Waals surface area contributed by atoms with Crippen molar-refractivity contribution in [2.45, 2.75) is 30.7 Å². The minimum atomic E-state index is -3.83. The van der Waals surface area contributed by atoms with E-state index in [1.54, 1.807) is 18.2 Å². The third-order valence-corrected chi connectivity index (χ3v) is 7.59. The van der Waals surface area contributed by atoms with Crippen LogP contribution in [0.2, 0.25) is 0 Å². The fourth-order valence-corrected chi connectivity index (χ4v) is 5.39. The van der Waals surface area contributed by atoms with Crippen LogP contribution < -0.4 is 10.1 Å². The van der Waals surface area contributed by atoms with Gasteiger partial charge in [0.25, 0.3) is 5.91 Å². The van der Waals surface area contributed by atoms with E-state index < -0.39 is 20.6 Å². The van der Waals surface area contributed by atoms with E-state index in [1.807, 2.05) is 30.3 Å². The summed E-state index contributed by atoms with van der Waals surface area (Å²) < 4.78 is 32.9. The van der Waals surface area contributed by atoms with Crippen LogP contribution in [0.25, 0.3) is 0 Å². The van der Waals surface area contributed by atoms with Crippen LogP contribution in [0.15, 0.2) is 77.7 Å². The van der Waals surface area contributed by atoms with Gasteiger partial charge < -0.3 is 10.1 Å². The number of piperidine rings is 1. The number of rotatable bonds is 8. The highest BCUT2D eigenvalue weighted by molar-refractivity contribution is 7.89. The van der Waals surface area contributed by atoms with Gasteiger partial charge in [0.15, 0.2) is 0 Å². The molecular formula is C25H25N3O6S. The summed E-state index contributed by atoms with van der Waals surface area (Å²) >= 11 is 0. The Bertz CT molecular complexity index is 1320. The number of ether oxygens (including phenoxy) is 1. The first kappa shape index (κ1) is 24.4. The first-order valence-electron chi connectivity index (χ1n) is 11.2. The molecule has 0 unspecified atom stereocenters. The van der Waals surface area contributed by atoms with E-state index in [-0.39, 0.29) is 22.3 Å². The van der Waals surface area contributed by atoms with Gasteiger partial charge in [0.05, 0.1) is 9.82 Å². The summed E-state index contributed by atoms with van der Waals surface area (Å²) in [7, 11) is -3.83. The van der Waals surface area contributed by atoms with Gasteiger partial charge in [-0.05, 0) is 48.7 Å². The number of amides is 1. The number of carbonyl (C=O) groups excluding carboxylic acids is 1. The highest BCUT2D eigenvalue weighted by atomic mass is 32.2. The fourth-order valence-electron chi connectivity index (χ4n) is 3.85. The van der Waals surface area contributed by atoms with Gasteiger partial charge in [-0.25, -0.2) is 8.42 Å². The molecule has 1 N–H and O–H groups in total. The molecule has 0 radical (unpaired) electrons. The summed E-state index contributed by atoms with van der Waals surface area (Å²) in [4.78, 5) is 23.4. The second-order valence-electron chi connectivity index (χ2n) is 8.15. The Labute approximate surface area is 203 Å². The van der Waals surface area contributed by atoms with Crippen molar-refractivity contribution in [3.8, 4) is 11.5 Å². The zero-order valence-electron chi connectivity index (χ0n) is 18.9. The van der Waals surface area contributed by atoms with Crippen LogP contribution in [0.3, 0.4) is 0 Å². The van der Waals surface area contributed by atoms with E-state index in [4.69, 9.17) is 4.74 Å². The number of hydrogen-bond acceptors (Lipinski definition) is 6. The Morgan fingerprint density at radius 2 is 1.71 bits per heavy atom. The predicted octanol–water partition coefficient (Wildman–Crippen LogP) is 4.49. The lowest BCUT2D eigenvalue weighted by molar-refractivity contribution is -0.385. The SMILES string of the molecule is O=C(NCc1ccccc1)c1cccc(Oc2ccc(S(=O)(=O)N3CCCCC3)cc2[N+](=O)[O-])c1. The smallest absolute Gasteiger partial charge is 0.312 e. The van der Waals surface area contributed by atoms with Gasteiger partial charge in [-0.2, -0.15) is 4.31 Å². The van der Waals surface area contributed by atoms with Crippen LogP contribution in [-0.2, 0) is 16.6 Å². The zero-order valence-corrected chi connectivity index (χ0v) is 19.7. The van der Waals surface area contributed by atoms with E-state index in [9.17, 15) is 23.3 Å². The molecule has 4 rings (SSSR count). The van der Waals surface area contributed by atoms with E-state index in [0.29, 0.717) is 25.2 Å². The maximum Gasteiger partial charge on any atom is 0.312 e. The third-order valence-electron chi connectivity index (χ3n) is 5.70. The Hall–Kier alpha value is -3.76. The van der Waals surface area contributed by atoms with Gasteiger partial charge in [0.1, 0.15) is 5.75 Å². The molecule has 1 fully saturated rings. The molecule has 0 spiro atoms. The number of nitro groups is 1. The van der Waals surface area contributed by atoms with Crippen LogP contribution >= 0.6 is 0 Å². The van der Waals surface area contributed by atoms with E-state index in [1.165, 1.54) is 22.5 Å². The summed E-state index contributed by atoms with van der Waals surface area (Å²) in [6.07, 6.45) is 2.48. The van der Waals surface area contributed by atoms with Crippen molar-refractivity contribution in [1.82, 2.24) is 9.62 Å². The molecule has 0 aromatic heterocycles. The molecule has 0 atom stereocenters. The zero-order chi connectivity index (χ0) is 24.8. The molecular weight excluding hydrogens is 470 g/mol.